The van der Waals surface area contributed by atoms with Crippen LogP contribution in [-0.2, 0) is 9.53 Å². The molecule has 0 rings (SSSR count). The number of halogens is 1. The number of carbonyl (C=O) groups excluding carboxylic acids is 1. The van der Waals surface area contributed by atoms with E-state index in [2.05, 4.69) is 35.0 Å². The van der Waals surface area contributed by atoms with Crippen molar-refractivity contribution >= 4 is 21.9 Å². The predicted octanol–water partition coefficient (Wildman–Crippen LogP) is 6.32. The number of allylic oxidation sites excluding steroid dienone is 2. The van der Waals surface area contributed by atoms with Crippen LogP contribution in [0.5, 0.6) is 0 Å². The van der Waals surface area contributed by atoms with Crippen LogP contribution >= 0.6 is 15.9 Å². The van der Waals surface area contributed by atoms with Crippen molar-refractivity contribution in [3.63, 3.8) is 0 Å². The molecule has 0 bridgehead atoms. The Morgan fingerprint density at radius 2 is 1.44 bits per heavy atom. The van der Waals surface area contributed by atoms with E-state index < -0.39 is 6.10 Å². The molecular formula is C21H39BrO3. The van der Waals surface area contributed by atoms with Crippen LogP contribution in [0, 0.1) is 0 Å². The van der Waals surface area contributed by atoms with E-state index in [9.17, 15) is 9.90 Å². The van der Waals surface area contributed by atoms with Crippen molar-refractivity contribution in [2.45, 2.75) is 103 Å². The second kappa shape index (κ2) is 20.0. The van der Waals surface area contributed by atoms with E-state index in [1.165, 1.54) is 70.6 Å². The molecule has 0 saturated heterocycles. The molecule has 0 aliphatic heterocycles. The fourth-order valence-corrected chi connectivity index (χ4v) is 2.83. The van der Waals surface area contributed by atoms with Crippen molar-refractivity contribution in [1.82, 2.24) is 0 Å². The minimum absolute atomic E-state index is 0.0924. The summed E-state index contributed by atoms with van der Waals surface area (Å²) in [6.07, 6.45) is 20.8. The highest BCUT2D eigenvalue weighted by Gasteiger charge is 2.07. The third-order valence-electron chi connectivity index (χ3n) is 4.26. The smallest absolute Gasteiger partial charge is 0.305 e. The van der Waals surface area contributed by atoms with Crippen molar-refractivity contribution in [2.24, 2.45) is 0 Å². The van der Waals surface area contributed by atoms with E-state index in [1.54, 1.807) is 0 Å². The Morgan fingerprint density at radius 3 is 2.00 bits per heavy atom. The first-order valence-electron chi connectivity index (χ1n) is 10.2. The first-order chi connectivity index (χ1) is 12.2. The fraction of sp³-hybridized carbons (Fsp3) is 0.857. The fourth-order valence-electron chi connectivity index (χ4n) is 2.65. The van der Waals surface area contributed by atoms with Gasteiger partial charge in [0.05, 0.1) is 6.10 Å². The molecule has 0 spiro atoms. The van der Waals surface area contributed by atoms with Crippen molar-refractivity contribution in [1.29, 1.82) is 0 Å². The molecule has 0 unspecified atom stereocenters. The number of hydrogen-bond acceptors (Lipinski definition) is 3. The zero-order valence-corrected chi connectivity index (χ0v) is 17.8. The molecule has 3 nitrogen and oxygen atoms in total. The second-order valence-electron chi connectivity index (χ2n) is 6.83. The van der Waals surface area contributed by atoms with Crippen LogP contribution in [0.15, 0.2) is 12.2 Å². The maximum Gasteiger partial charge on any atom is 0.305 e. The number of hydrogen-bond donors (Lipinski definition) is 1. The number of aliphatic hydroxyl groups is 1. The van der Waals surface area contributed by atoms with Crippen LogP contribution < -0.4 is 0 Å². The lowest BCUT2D eigenvalue weighted by Gasteiger charge is -2.08. The summed E-state index contributed by atoms with van der Waals surface area (Å²) < 4.78 is 4.99. The molecule has 0 aromatic heterocycles. The Morgan fingerprint density at radius 1 is 0.920 bits per heavy atom. The first kappa shape index (κ1) is 24.7. The van der Waals surface area contributed by atoms with Gasteiger partial charge in [0.1, 0.15) is 6.61 Å². The molecule has 0 aliphatic carbocycles. The summed E-state index contributed by atoms with van der Waals surface area (Å²) in [5.41, 5.74) is 0. The summed E-state index contributed by atoms with van der Waals surface area (Å²) in [5.74, 6) is -0.197. The standard InChI is InChI=1S/C21H39BrO3/c1-2-3-4-5-6-7-8-9-10-11-12-13-14-15-16-17-21(24)25-19-20(23)18-22/h9-10,20,23H,2-8,11-19H2,1H3/b10-9+/t20-/m1/s1. The molecule has 0 fully saturated rings. The lowest BCUT2D eigenvalue weighted by atomic mass is 10.1. The topological polar surface area (TPSA) is 46.5 Å². The maximum atomic E-state index is 11.4. The molecule has 1 atom stereocenters. The van der Waals surface area contributed by atoms with Gasteiger partial charge in [0.15, 0.2) is 0 Å². The van der Waals surface area contributed by atoms with E-state index in [-0.39, 0.29) is 12.6 Å². The lowest BCUT2D eigenvalue weighted by Crippen LogP contribution is -2.19. The van der Waals surface area contributed by atoms with Crippen LogP contribution in [0.4, 0.5) is 0 Å². The van der Waals surface area contributed by atoms with Crippen LogP contribution in [-0.4, -0.2) is 29.1 Å². The molecule has 0 aromatic rings. The van der Waals surface area contributed by atoms with E-state index >= 15 is 0 Å². The first-order valence-corrected chi connectivity index (χ1v) is 11.4. The molecule has 148 valence electrons. The molecule has 0 saturated carbocycles. The van der Waals surface area contributed by atoms with Crippen molar-refractivity contribution in [3.8, 4) is 0 Å². The molecule has 0 heterocycles. The predicted molar refractivity (Wildman–Crippen MR) is 110 cm³/mol. The maximum absolute atomic E-state index is 11.4. The monoisotopic (exact) mass is 418 g/mol. The molecule has 0 radical (unpaired) electrons. The summed E-state index contributed by atoms with van der Waals surface area (Å²) in [6, 6.07) is 0. The van der Waals surface area contributed by atoms with Gasteiger partial charge in [-0.2, -0.15) is 0 Å². The van der Waals surface area contributed by atoms with E-state index in [4.69, 9.17) is 4.74 Å². The van der Waals surface area contributed by atoms with Gasteiger partial charge in [0, 0.05) is 11.8 Å². The van der Waals surface area contributed by atoms with E-state index in [1.807, 2.05) is 0 Å². The zero-order chi connectivity index (χ0) is 18.6. The summed E-state index contributed by atoms with van der Waals surface area (Å²) in [4.78, 5) is 11.4. The van der Waals surface area contributed by atoms with Gasteiger partial charge in [0.2, 0.25) is 0 Å². The van der Waals surface area contributed by atoms with Gasteiger partial charge in [0.25, 0.3) is 0 Å². The average Bonchev–Trinajstić information content (AvgIpc) is 2.62. The largest absolute Gasteiger partial charge is 0.463 e. The van der Waals surface area contributed by atoms with Crippen molar-refractivity contribution in [3.05, 3.63) is 12.2 Å². The summed E-state index contributed by atoms with van der Waals surface area (Å²) in [5, 5.41) is 9.72. The number of ether oxygens (including phenoxy) is 1. The Hall–Kier alpha value is -0.350. The molecule has 25 heavy (non-hydrogen) atoms. The Kier molecular flexibility index (Phi) is 19.7. The number of esters is 1. The molecule has 1 N–H and O–H groups in total. The molecule has 4 heteroatoms. The molecular weight excluding hydrogens is 380 g/mol. The SMILES string of the molecule is CCCCCCCC/C=C/CCCCCCCC(=O)OC[C@H](O)CBr. The minimum Gasteiger partial charge on any atom is -0.463 e. The Labute approximate surface area is 163 Å². The van der Waals surface area contributed by atoms with Gasteiger partial charge in [-0.15, -0.1) is 0 Å². The summed E-state index contributed by atoms with van der Waals surface area (Å²) >= 11 is 3.14. The van der Waals surface area contributed by atoms with Gasteiger partial charge in [-0.3, -0.25) is 4.79 Å². The number of unbranched alkanes of at least 4 members (excludes halogenated alkanes) is 11. The van der Waals surface area contributed by atoms with E-state index in [0.717, 1.165) is 12.8 Å². The van der Waals surface area contributed by atoms with Crippen molar-refractivity contribution in [2.75, 3.05) is 11.9 Å². The molecule has 0 aliphatic rings. The number of alkyl halides is 1. The van der Waals surface area contributed by atoms with Crippen LogP contribution in [0.3, 0.4) is 0 Å². The highest BCUT2D eigenvalue weighted by Crippen LogP contribution is 2.10. The normalized spacial score (nSPS) is 12.6. The third kappa shape index (κ3) is 19.8. The highest BCUT2D eigenvalue weighted by molar-refractivity contribution is 9.09. The minimum atomic E-state index is -0.599. The molecule has 0 aromatic carbocycles. The van der Waals surface area contributed by atoms with Crippen LogP contribution in [0.2, 0.25) is 0 Å². The second-order valence-corrected chi connectivity index (χ2v) is 7.47. The van der Waals surface area contributed by atoms with Crippen LogP contribution in [0.1, 0.15) is 96.8 Å². The number of rotatable bonds is 18. The van der Waals surface area contributed by atoms with Crippen molar-refractivity contribution < 1.29 is 14.6 Å². The average molecular weight is 419 g/mol. The summed E-state index contributed by atoms with van der Waals surface area (Å²) in [7, 11) is 0. The Balaban J connectivity index is 3.22. The van der Waals surface area contributed by atoms with E-state index in [0.29, 0.717) is 11.8 Å². The summed E-state index contributed by atoms with van der Waals surface area (Å²) in [6.45, 7) is 2.35. The quantitative estimate of drug-likeness (QED) is 0.122. The highest BCUT2D eigenvalue weighted by atomic mass is 79.9. The third-order valence-corrected chi connectivity index (χ3v) is 5.00. The van der Waals surface area contributed by atoms with Gasteiger partial charge >= 0.3 is 5.97 Å². The number of aliphatic hydroxyl groups excluding tert-OH is 1. The van der Waals surface area contributed by atoms with Gasteiger partial charge in [-0.05, 0) is 32.1 Å². The lowest BCUT2D eigenvalue weighted by molar-refractivity contribution is -0.146. The molecule has 0 amide bonds. The zero-order valence-electron chi connectivity index (χ0n) is 16.2. The number of carbonyl (C=O) groups is 1. The van der Waals surface area contributed by atoms with Gasteiger partial charge in [-0.1, -0.05) is 86.4 Å². The van der Waals surface area contributed by atoms with Gasteiger partial charge < -0.3 is 9.84 Å². The Bertz CT molecular complexity index is 318. The van der Waals surface area contributed by atoms with Gasteiger partial charge in [-0.25, -0.2) is 0 Å². The van der Waals surface area contributed by atoms with Crippen LogP contribution in [0.25, 0.3) is 0 Å².